The summed E-state index contributed by atoms with van der Waals surface area (Å²) in [4.78, 5) is 28.3. The zero-order valence-electron chi connectivity index (χ0n) is 18.6. The van der Waals surface area contributed by atoms with E-state index in [1.165, 1.54) is 24.8 Å². The number of rotatable bonds is 7. The SMILES string of the molecule is CCCCCc1ccc(NC(=O)[C@@H]2Cc3ccccc3CN2C(=O)c2ccccc2)cc1. The van der Waals surface area contributed by atoms with Gasteiger partial charge in [0.15, 0.2) is 0 Å². The molecule has 1 aliphatic heterocycles. The molecular weight excluding hydrogens is 396 g/mol. The number of carbonyl (C=O) groups excluding carboxylic acids is 2. The fraction of sp³-hybridized carbons (Fsp3) is 0.286. The van der Waals surface area contributed by atoms with Crippen molar-refractivity contribution in [1.29, 1.82) is 0 Å². The number of fused-ring (bicyclic) bond motifs is 1. The zero-order chi connectivity index (χ0) is 22.3. The second kappa shape index (κ2) is 10.3. The van der Waals surface area contributed by atoms with Crippen molar-refractivity contribution in [2.75, 3.05) is 5.32 Å². The number of aryl methyl sites for hydroxylation is 1. The Morgan fingerprint density at radius 3 is 2.28 bits per heavy atom. The van der Waals surface area contributed by atoms with Crippen LogP contribution >= 0.6 is 0 Å². The summed E-state index contributed by atoms with van der Waals surface area (Å²) in [6.45, 7) is 2.63. The largest absolute Gasteiger partial charge is 0.324 e. The van der Waals surface area contributed by atoms with Crippen molar-refractivity contribution in [3.63, 3.8) is 0 Å². The van der Waals surface area contributed by atoms with Gasteiger partial charge in [-0.25, -0.2) is 0 Å². The van der Waals surface area contributed by atoms with Gasteiger partial charge in [-0.2, -0.15) is 0 Å². The molecule has 0 spiro atoms. The van der Waals surface area contributed by atoms with Crippen molar-refractivity contribution in [3.05, 3.63) is 101 Å². The molecule has 0 saturated heterocycles. The van der Waals surface area contributed by atoms with Crippen LogP contribution in [0.4, 0.5) is 5.69 Å². The van der Waals surface area contributed by atoms with E-state index in [2.05, 4.69) is 24.4 Å². The normalized spacial score (nSPS) is 15.2. The van der Waals surface area contributed by atoms with Crippen molar-refractivity contribution >= 4 is 17.5 Å². The number of benzene rings is 3. The van der Waals surface area contributed by atoms with Gasteiger partial charge >= 0.3 is 0 Å². The van der Waals surface area contributed by atoms with E-state index in [0.717, 1.165) is 23.2 Å². The Labute approximate surface area is 190 Å². The van der Waals surface area contributed by atoms with E-state index >= 15 is 0 Å². The number of nitrogens with one attached hydrogen (secondary N) is 1. The van der Waals surface area contributed by atoms with Crippen molar-refractivity contribution in [2.24, 2.45) is 0 Å². The van der Waals surface area contributed by atoms with Crippen LogP contribution in [0.1, 0.15) is 53.2 Å². The van der Waals surface area contributed by atoms with Crippen LogP contribution in [0, 0.1) is 0 Å². The van der Waals surface area contributed by atoms with Crippen LogP contribution in [0.2, 0.25) is 0 Å². The third-order valence-electron chi connectivity index (χ3n) is 6.12. The third-order valence-corrected chi connectivity index (χ3v) is 6.12. The first-order valence-corrected chi connectivity index (χ1v) is 11.5. The van der Waals surface area contributed by atoms with Crippen LogP contribution in [-0.4, -0.2) is 22.8 Å². The second-order valence-corrected chi connectivity index (χ2v) is 8.43. The molecular formula is C28H30N2O2. The minimum absolute atomic E-state index is 0.119. The van der Waals surface area contributed by atoms with E-state index in [1.807, 2.05) is 54.6 Å². The predicted molar refractivity (Wildman–Crippen MR) is 129 cm³/mol. The summed E-state index contributed by atoms with van der Waals surface area (Å²) in [5, 5.41) is 3.04. The molecule has 164 valence electrons. The number of hydrogen-bond donors (Lipinski definition) is 1. The summed E-state index contributed by atoms with van der Waals surface area (Å²) in [6.07, 6.45) is 5.18. The Kier molecular flexibility index (Phi) is 7.00. The minimum Gasteiger partial charge on any atom is -0.324 e. The highest BCUT2D eigenvalue weighted by atomic mass is 16.2. The van der Waals surface area contributed by atoms with E-state index < -0.39 is 6.04 Å². The highest BCUT2D eigenvalue weighted by Crippen LogP contribution is 2.26. The van der Waals surface area contributed by atoms with Gasteiger partial charge in [-0.05, 0) is 53.8 Å². The van der Waals surface area contributed by atoms with E-state index in [0.29, 0.717) is 18.5 Å². The quantitative estimate of drug-likeness (QED) is 0.498. The highest BCUT2D eigenvalue weighted by molar-refractivity contribution is 6.01. The Morgan fingerprint density at radius 1 is 0.875 bits per heavy atom. The van der Waals surface area contributed by atoms with Gasteiger partial charge in [-0.3, -0.25) is 9.59 Å². The van der Waals surface area contributed by atoms with E-state index in [1.54, 1.807) is 17.0 Å². The average Bonchev–Trinajstić information content (AvgIpc) is 2.84. The highest BCUT2D eigenvalue weighted by Gasteiger charge is 2.35. The van der Waals surface area contributed by atoms with Crippen LogP contribution < -0.4 is 5.32 Å². The third kappa shape index (κ3) is 5.08. The maximum Gasteiger partial charge on any atom is 0.254 e. The monoisotopic (exact) mass is 426 g/mol. The fourth-order valence-corrected chi connectivity index (χ4v) is 4.28. The smallest absolute Gasteiger partial charge is 0.254 e. The lowest BCUT2D eigenvalue weighted by molar-refractivity contribution is -0.121. The molecule has 0 aromatic heterocycles. The van der Waals surface area contributed by atoms with Gasteiger partial charge in [0, 0.05) is 24.2 Å². The number of hydrogen-bond acceptors (Lipinski definition) is 2. The van der Waals surface area contributed by atoms with Gasteiger partial charge < -0.3 is 10.2 Å². The van der Waals surface area contributed by atoms with Crippen LogP contribution in [0.15, 0.2) is 78.9 Å². The maximum atomic E-state index is 13.3. The minimum atomic E-state index is -0.554. The lowest BCUT2D eigenvalue weighted by Crippen LogP contribution is -2.50. The molecule has 4 rings (SSSR count). The Balaban J connectivity index is 1.52. The number of nitrogens with zero attached hydrogens (tertiary/aromatic N) is 1. The molecule has 3 aromatic carbocycles. The summed E-state index contributed by atoms with van der Waals surface area (Å²) in [5.41, 5.74) is 4.86. The van der Waals surface area contributed by atoms with E-state index in [9.17, 15) is 9.59 Å². The molecule has 32 heavy (non-hydrogen) atoms. The van der Waals surface area contributed by atoms with Gasteiger partial charge in [-0.15, -0.1) is 0 Å². The van der Waals surface area contributed by atoms with Gasteiger partial charge in [-0.1, -0.05) is 74.4 Å². The molecule has 0 aliphatic carbocycles. The van der Waals surface area contributed by atoms with Crippen molar-refractivity contribution < 1.29 is 9.59 Å². The summed E-state index contributed by atoms with van der Waals surface area (Å²) >= 11 is 0. The van der Waals surface area contributed by atoms with E-state index in [-0.39, 0.29) is 11.8 Å². The average molecular weight is 427 g/mol. The van der Waals surface area contributed by atoms with Crippen molar-refractivity contribution in [1.82, 2.24) is 4.90 Å². The first-order chi connectivity index (χ1) is 15.7. The fourth-order valence-electron chi connectivity index (χ4n) is 4.28. The van der Waals surface area contributed by atoms with Gasteiger partial charge in [0.25, 0.3) is 5.91 Å². The number of unbranched alkanes of at least 4 members (excludes halogenated alkanes) is 2. The first kappa shape index (κ1) is 21.8. The molecule has 4 nitrogen and oxygen atoms in total. The van der Waals surface area contributed by atoms with Gasteiger partial charge in [0.05, 0.1) is 0 Å². The molecule has 0 unspecified atom stereocenters. The summed E-state index contributed by atoms with van der Waals surface area (Å²) in [5.74, 6) is -0.269. The Morgan fingerprint density at radius 2 is 1.56 bits per heavy atom. The molecule has 2 amide bonds. The molecule has 4 heteroatoms. The van der Waals surface area contributed by atoms with E-state index in [4.69, 9.17) is 0 Å². The van der Waals surface area contributed by atoms with Crippen LogP contribution in [0.5, 0.6) is 0 Å². The lowest BCUT2D eigenvalue weighted by atomic mass is 9.92. The van der Waals surface area contributed by atoms with Crippen molar-refractivity contribution in [2.45, 2.75) is 51.6 Å². The molecule has 1 N–H and O–H groups in total. The number of amides is 2. The summed E-state index contributed by atoms with van der Waals surface area (Å²) in [6, 6.07) is 24.7. The second-order valence-electron chi connectivity index (χ2n) is 8.43. The predicted octanol–water partition coefficient (Wildman–Crippen LogP) is 5.63. The molecule has 1 aliphatic rings. The molecule has 3 aromatic rings. The number of carbonyl (C=O) groups is 2. The lowest BCUT2D eigenvalue weighted by Gasteiger charge is -2.36. The van der Waals surface area contributed by atoms with Crippen LogP contribution in [0.3, 0.4) is 0 Å². The summed E-state index contributed by atoms with van der Waals surface area (Å²) < 4.78 is 0. The summed E-state index contributed by atoms with van der Waals surface area (Å²) in [7, 11) is 0. The van der Waals surface area contributed by atoms with Gasteiger partial charge in [0.1, 0.15) is 6.04 Å². The molecule has 0 radical (unpaired) electrons. The maximum absolute atomic E-state index is 13.3. The molecule has 1 heterocycles. The topological polar surface area (TPSA) is 49.4 Å². The zero-order valence-corrected chi connectivity index (χ0v) is 18.6. The van der Waals surface area contributed by atoms with Gasteiger partial charge in [0.2, 0.25) is 5.91 Å². The molecule has 1 atom stereocenters. The van der Waals surface area contributed by atoms with Crippen LogP contribution in [0.25, 0.3) is 0 Å². The molecule has 0 fully saturated rings. The first-order valence-electron chi connectivity index (χ1n) is 11.5. The molecule has 0 saturated carbocycles. The Hall–Kier alpha value is -3.40. The standard InChI is InChI=1S/C28H30N2O2/c1-2-3-5-10-21-15-17-25(18-16-21)29-27(31)26-19-23-13-8-9-14-24(23)20-30(26)28(32)22-11-6-4-7-12-22/h4,6-9,11-18,26H,2-3,5,10,19-20H2,1H3,(H,29,31)/t26-/m0/s1. The van der Waals surface area contributed by atoms with Crippen LogP contribution in [-0.2, 0) is 24.2 Å². The van der Waals surface area contributed by atoms with Crippen molar-refractivity contribution in [3.8, 4) is 0 Å². The Bertz CT molecular complexity index is 1060. The number of anilines is 1. The molecule has 0 bridgehead atoms.